The topological polar surface area (TPSA) is 23.8 Å². The van der Waals surface area contributed by atoms with Crippen LogP contribution in [0.25, 0.3) is 0 Å². The molecule has 1 unspecified atom stereocenters. The fourth-order valence-corrected chi connectivity index (χ4v) is 1.25. The molecule has 0 N–H and O–H groups in total. The van der Waals surface area contributed by atoms with Gasteiger partial charge < -0.3 is 0 Å². The van der Waals surface area contributed by atoms with E-state index in [9.17, 15) is 0 Å². The molecule has 0 fully saturated rings. The van der Waals surface area contributed by atoms with Gasteiger partial charge in [0.15, 0.2) is 0 Å². The minimum atomic E-state index is -0.531. The van der Waals surface area contributed by atoms with Gasteiger partial charge in [-0.3, -0.25) is 0 Å². The summed E-state index contributed by atoms with van der Waals surface area (Å²) in [5.41, 5.74) is 0. The van der Waals surface area contributed by atoms with Crippen LogP contribution in [0.4, 0.5) is 0 Å². The summed E-state index contributed by atoms with van der Waals surface area (Å²) in [6.45, 7) is 0. The van der Waals surface area contributed by atoms with Gasteiger partial charge in [0.1, 0.15) is 6.07 Å². The lowest BCUT2D eigenvalue weighted by atomic mass is 10.7. The Kier molecular flexibility index (Phi) is 0.839. The normalized spacial score (nSPS) is 28.0. The van der Waals surface area contributed by atoms with E-state index in [-0.39, 0.29) is 0 Å². The van der Waals surface area contributed by atoms with E-state index in [0.717, 1.165) is 5.31 Å². The van der Waals surface area contributed by atoms with E-state index >= 15 is 0 Å². The second-order valence-electron chi connectivity index (χ2n) is 0.937. The highest BCUT2D eigenvalue weighted by molar-refractivity contribution is 7.95. The highest BCUT2D eigenvalue weighted by atomic mass is 35.7. The van der Waals surface area contributed by atoms with Gasteiger partial charge in [0.25, 0.3) is 0 Å². The smallest absolute Gasteiger partial charge is 0.101 e. The van der Waals surface area contributed by atoms with Crippen molar-refractivity contribution in [2.45, 2.75) is 0 Å². The van der Waals surface area contributed by atoms with Crippen molar-refractivity contribution < 1.29 is 0 Å². The Hall–Kier alpha value is -0.0500. The third kappa shape index (κ3) is 0.544. The number of nitrogens with zero attached hydrogens (tertiary/aromatic N) is 1. The first-order chi connectivity index (χ1) is 2.84. The summed E-state index contributed by atoms with van der Waals surface area (Å²) in [7, 11) is -0.531. The highest BCUT2D eigenvalue weighted by Gasteiger charge is 2.20. The summed E-state index contributed by atoms with van der Waals surface area (Å²) in [6.07, 6.45) is 0. The summed E-state index contributed by atoms with van der Waals surface area (Å²) < 4.78 is 0. The van der Waals surface area contributed by atoms with Crippen LogP contribution >= 0.6 is 18.5 Å². The molecule has 1 nitrogen and oxygen atoms in total. The fraction of sp³-hybridized carbons (Fsp3) is 0. The quantitative estimate of drug-likeness (QED) is 0.445. The second kappa shape index (κ2) is 1.22. The van der Waals surface area contributed by atoms with Gasteiger partial charge in [-0.25, -0.2) is 0 Å². The largest absolute Gasteiger partial charge is 0.192 e. The molecular weight excluding hydrogens is 116 g/mol. The Morgan fingerprint density at radius 2 is 2.50 bits per heavy atom. The first kappa shape index (κ1) is 4.12. The number of halogens is 1. The van der Waals surface area contributed by atoms with Crippen LogP contribution in [0, 0.1) is 11.3 Å². The molecule has 0 aromatic carbocycles. The number of allylic oxidation sites excluding steroid dienone is 1. The zero-order valence-corrected chi connectivity index (χ0v) is 4.50. The molecule has 3 heteroatoms. The van der Waals surface area contributed by atoms with E-state index in [2.05, 4.69) is 0 Å². The molecule has 0 aromatic rings. The van der Waals surface area contributed by atoms with Gasteiger partial charge in [-0.2, -0.15) is 5.26 Å². The Balaban J connectivity index is 2.48. The van der Waals surface area contributed by atoms with E-state index in [1.54, 1.807) is 5.82 Å². The van der Waals surface area contributed by atoms with Crippen molar-refractivity contribution >= 4 is 18.5 Å². The average Bonchev–Trinajstić information content (AvgIpc) is 2.19. The van der Waals surface area contributed by atoms with Crippen LogP contribution < -0.4 is 0 Å². The molecular formula is C3HClNP. The molecule has 1 aliphatic rings. The Morgan fingerprint density at radius 3 is 2.50 bits per heavy atom. The van der Waals surface area contributed by atoms with Crippen molar-refractivity contribution in [1.29, 1.82) is 5.26 Å². The monoisotopic (exact) mass is 117 g/mol. The van der Waals surface area contributed by atoms with Crippen molar-refractivity contribution in [3.63, 3.8) is 0 Å². The average molecular weight is 117 g/mol. The summed E-state index contributed by atoms with van der Waals surface area (Å²) >= 11 is 5.40. The molecule has 1 aliphatic heterocycles. The Morgan fingerprint density at radius 1 is 2.00 bits per heavy atom. The number of hydrogen-bond donors (Lipinski definition) is 0. The summed E-state index contributed by atoms with van der Waals surface area (Å²) in [5.74, 6) is 1.77. The number of hydrogen-bond acceptors (Lipinski definition) is 1. The van der Waals surface area contributed by atoms with Crippen LogP contribution in [0.5, 0.6) is 0 Å². The first-order valence-corrected chi connectivity index (χ1v) is 3.73. The molecule has 0 spiro atoms. The zero-order chi connectivity index (χ0) is 4.57. The molecule has 0 saturated carbocycles. The second-order valence-corrected chi connectivity index (χ2v) is 3.39. The molecule has 1 heterocycles. The van der Waals surface area contributed by atoms with Gasteiger partial charge in [-0.05, 0) is 5.82 Å². The molecule has 6 heavy (non-hydrogen) atoms. The predicted molar refractivity (Wildman–Crippen MR) is 26.5 cm³/mol. The van der Waals surface area contributed by atoms with E-state index in [1.165, 1.54) is 0 Å². The lowest BCUT2D eigenvalue weighted by Crippen LogP contribution is -1.35. The molecule has 0 bridgehead atoms. The van der Waals surface area contributed by atoms with Crippen molar-refractivity contribution in [3.05, 3.63) is 11.1 Å². The number of nitriles is 1. The lowest BCUT2D eigenvalue weighted by Gasteiger charge is -1.64. The zero-order valence-electron chi connectivity index (χ0n) is 2.85. The van der Waals surface area contributed by atoms with Gasteiger partial charge in [-0.1, -0.05) is 11.2 Å². The van der Waals surface area contributed by atoms with E-state index in [4.69, 9.17) is 16.5 Å². The maximum absolute atomic E-state index is 7.99. The minimum Gasteiger partial charge on any atom is -0.192 e. The van der Waals surface area contributed by atoms with E-state index < -0.39 is 7.27 Å². The van der Waals surface area contributed by atoms with Gasteiger partial charge in [0.05, 0.1) is 12.6 Å². The van der Waals surface area contributed by atoms with Gasteiger partial charge in [0.2, 0.25) is 0 Å². The van der Waals surface area contributed by atoms with Crippen LogP contribution in [-0.2, 0) is 0 Å². The maximum Gasteiger partial charge on any atom is 0.101 e. The molecule has 0 aliphatic carbocycles. The SMILES string of the molecule is N#CC1=CP1Cl. The number of rotatable bonds is 0. The summed E-state index contributed by atoms with van der Waals surface area (Å²) in [5, 5.41) is 8.76. The Labute approximate surface area is 41.8 Å². The van der Waals surface area contributed by atoms with Gasteiger partial charge >= 0.3 is 0 Å². The third-order valence-electron chi connectivity index (χ3n) is 0.513. The van der Waals surface area contributed by atoms with Crippen LogP contribution in [-0.4, -0.2) is 0 Å². The maximum atomic E-state index is 7.99. The molecule has 0 aromatic heterocycles. The lowest BCUT2D eigenvalue weighted by molar-refractivity contribution is 1.53. The van der Waals surface area contributed by atoms with Crippen LogP contribution in [0.15, 0.2) is 11.1 Å². The molecule has 0 radical (unpaired) electrons. The van der Waals surface area contributed by atoms with Crippen molar-refractivity contribution in [1.82, 2.24) is 0 Å². The summed E-state index contributed by atoms with van der Waals surface area (Å²) in [6, 6.07) is 1.95. The third-order valence-corrected chi connectivity index (χ3v) is 2.25. The standard InChI is InChI=1S/C3HClNP/c4-6-2-3(6)1-5/h2H. The van der Waals surface area contributed by atoms with Crippen LogP contribution in [0.3, 0.4) is 0 Å². The predicted octanol–water partition coefficient (Wildman–Crippen LogP) is 2.00. The van der Waals surface area contributed by atoms with Crippen molar-refractivity contribution in [2.75, 3.05) is 0 Å². The first-order valence-electron chi connectivity index (χ1n) is 1.41. The highest BCUT2D eigenvalue weighted by Crippen LogP contribution is 2.65. The van der Waals surface area contributed by atoms with Gasteiger partial charge in [-0.15, -0.1) is 0 Å². The van der Waals surface area contributed by atoms with Crippen molar-refractivity contribution in [2.24, 2.45) is 0 Å². The van der Waals surface area contributed by atoms with Crippen molar-refractivity contribution in [3.8, 4) is 6.07 Å². The van der Waals surface area contributed by atoms with E-state index in [1.807, 2.05) is 6.07 Å². The summed E-state index contributed by atoms with van der Waals surface area (Å²) in [4.78, 5) is 0. The molecule has 0 amide bonds. The van der Waals surface area contributed by atoms with Crippen LogP contribution in [0.1, 0.15) is 0 Å². The molecule has 1 atom stereocenters. The fourth-order valence-electron chi connectivity index (χ4n) is 0.155. The Bertz CT molecular complexity index is 134. The molecule has 1 rings (SSSR count). The molecule has 30 valence electrons. The molecule has 0 saturated heterocycles. The minimum absolute atomic E-state index is 0.531. The van der Waals surface area contributed by atoms with E-state index in [0.29, 0.717) is 0 Å². The van der Waals surface area contributed by atoms with Gasteiger partial charge in [0, 0.05) is 0 Å². The van der Waals surface area contributed by atoms with Crippen LogP contribution in [0.2, 0.25) is 0 Å².